The van der Waals surface area contributed by atoms with E-state index in [1.807, 2.05) is 38.1 Å². The molecule has 0 aliphatic heterocycles. The molecule has 4 heteroatoms. The van der Waals surface area contributed by atoms with Crippen molar-refractivity contribution in [3.8, 4) is 11.5 Å². The summed E-state index contributed by atoms with van der Waals surface area (Å²) in [5.41, 5.74) is 0. The van der Waals surface area contributed by atoms with E-state index < -0.39 is 0 Å². The molecule has 1 N–H and O–H groups in total. The van der Waals surface area contributed by atoms with Crippen molar-refractivity contribution in [2.75, 3.05) is 13.7 Å². The normalized spacial score (nSPS) is 11.7. The lowest BCUT2D eigenvalue weighted by molar-refractivity contribution is -0.121. The molecule has 0 fully saturated rings. The van der Waals surface area contributed by atoms with Crippen molar-refractivity contribution < 1.29 is 14.3 Å². The van der Waals surface area contributed by atoms with E-state index >= 15 is 0 Å². The molecular formula is C14H21NO3. The Morgan fingerprint density at radius 2 is 2.11 bits per heavy atom. The van der Waals surface area contributed by atoms with Crippen LogP contribution in [-0.2, 0) is 4.79 Å². The van der Waals surface area contributed by atoms with Gasteiger partial charge in [-0.2, -0.15) is 0 Å². The number of rotatable bonds is 7. The fourth-order valence-electron chi connectivity index (χ4n) is 1.52. The van der Waals surface area contributed by atoms with E-state index in [2.05, 4.69) is 5.32 Å². The highest BCUT2D eigenvalue weighted by Crippen LogP contribution is 2.19. The van der Waals surface area contributed by atoms with Gasteiger partial charge in [0.15, 0.2) is 0 Å². The Labute approximate surface area is 108 Å². The van der Waals surface area contributed by atoms with Gasteiger partial charge in [0.25, 0.3) is 0 Å². The summed E-state index contributed by atoms with van der Waals surface area (Å²) >= 11 is 0. The van der Waals surface area contributed by atoms with E-state index in [1.54, 1.807) is 7.11 Å². The van der Waals surface area contributed by atoms with Crippen LogP contribution in [0.15, 0.2) is 24.3 Å². The van der Waals surface area contributed by atoms with Gasteiger partial charge >= 0.3 is 0 Å². The zero-order chi connectivity index (χ0) is 13.4. The van der Waals surface area contributed by atoms with Crippen LogP contribution in [0.2, 0.25) is 0 Å². The fourth-order valence-corrected chi connectivity index (χ4v) is 1.52. The molecule has 0 heterocycles. The van der Waals surface area contributed by atoms with E-state index in [4.69, 9.17) is 9.47 Å². The van der Waals surface area contributed by atoms with Gasteiger partial charge in [-0.25, -0.2) is 0 Å². The first-order valence-electron chi connectivity index (χ1n) is 6.23. The first-order valence-corrected chi connectivity index (χ1v) is 6.23. The average Bonchev–Trinajstić information content (AvgIpc) is 2.37. The third-order valence-electron chi connectivity index (χ3n) is 2.44. The highest BCUT2D eigenvalue weighted by Gasteiger charge is 2.06. The van der Waals surface area contributed by atoms with Crippen molar-refractivity contribution in [3.05, 3.63) is 24.3 Å². The number of methoxy groups -OCH3 is 1. The van der Waals surface area contributed by atoms with Crippen molar-refractivity contribution in [2.24, 2.45) is 0 Å². The van der Waals surface area contributed by atoms with Crippen LogP contribution in [0.25, 0.3) is 0 Å². The summed E-state index contributed by atoms with van der Waals surface area (Å²) in [5.74, 6) is 1.57. The molecule has 0 saturated heterocycles. The minimum absolute atomic E-state index is 0.0681. The Hall–Kier alpha value is -1.71. The van der Waals surface area contributed by atoms with Crippen LogP contribution in [0.5, 0.6) is 11.5 Å². The van der Waals surface area contributed by atoms with Gasteiger partial charge in [-0.1, -0.05) is 13.0 Å². The fraction of sp³-hybridized carbons (Fsp3) is 0.500. The topological polar surface area (TPSA) is 47.6 Å². The van der Waals surface area contributed by atoms with Gasteiger partial charge in [0.2, 0.25) is 5.91 Å². The van der Waals surface area contributed by atoms with Crippen molar-refractivity contribution in [1.29, 1.82) is 0 Å². The maximum absolute atomic E-state index is 11.3. The van der Waals surface area contributed by atoms with Gasteiger partial charge in [-0.05, 0) is 25.5 Å². The summed E-state index contributed by atoms with van der Waals surface area (Å²) in [4.78, 5) is 11.3. The van der Waals surface area contributed by atoms with Crippen LogP contribution in [0.3, 0.4) is 0 Å². The number of carbonyl (C=O) groups is 1. The molecule has 1 aromatic rings. The molecule has 0 aromatic heterocycles. The molecule has 1 amide bonds. The molecule has 100 valence electrons. The highest BCUT2D eigenvalue weighted by atomic mass is 16.5. The van der Waals surface area contributed by atoms with Crippen LogP contribution in [-0.4, -0.2) is 25.7 Å². The molecule has 0 unspecified atom stereocenters. The van der Waals surface area contributed by atoms with E-state index in [1.165, 1.54) is 0 Å². The van der Waals surface area contributed by atoms with Crippen LogP contribution in [0.4, 0.5) is 0 Å². The average molecular weight is 251 g/mol. The highest BCUT2D eigenvalue weighted by molar-refractivity contribution is 5.75. The van der Waals surface area contributed by atoms with Crippen molar-refractivity contribution in [1.82, 2.24) is 5.32 Å². The summed E-state index contributed by atoms with van der Waals surface area (Å²) < 4.78 is 10.8. The van der Waals surface area contributed by atoms with E-state index in [-0.39, 0.29) is 12.0 Å². The quantitative estimate of drug-likeness (QED) is 0.809. The first-order chi connectivity index (χ1) is 8.65. The molecule has 0 spiro atoms. The Bertz CT molecular complexity index is 379. The summed E-state index contributed by atoms with van der Waals surface area (Å²) in [5, 5.41) is 2.84. The van der Waals surface area contributed by atoms with Gasteiger partial charge < -0.3 is 14.8 Å². The second kappa shape index (κ2) is 7.58. The minimum atomic E-state index is -0.0714. The summed E-state index contributed by atoms with van der Waals surface area (Å²) in [6.07, 6.45) is 1.35. The van der Waals surface area contributed by atoms with Crippen LogP contribution >= 0.6 is 0 Å². The van der Waals surface area contributed by atoms with Gasteiger partial charge in [0.05, 0.1) is 13.7 Å². The Morgan fingerprint density at radius 1 is 1.39 bits per heavy atom. The number of ether oxygens (including phenoxy) is 2. The van der Waals surface area contributed by atoms with Gasteiger partial charge in [-0.15, -0.1) is 0 Å². The first kappa shape index (κ1) is 14.4. The lowest BCUT2D eigenvalue weighted by Crippen LogP contribution is -2.33. The molecule has 4 nitrogen and oxygen atoms in total. The molecule has 0 aliphatic rings. The molecule has 1 rings (SSSR count). The molecule has 1 atom stereocenters. The molecule has 0 saturated carbocycles. The lowest BCUT2D eigenvalue weighted by atomic mass is 10.3. The van der Waals surface area contributed by atoms with E-state index in [0.717, 1.165) is 17.9 Å². The van der Waals surface area contributed by atoms with Crippen molar-refractivity contribution in [3.63, 3.8) is 0 Å². The smallest absolute Gasteiger partial charge is 0.220 e. The number of nitrogens with one attached hydrogen (secondary N) is 1. The maximum atomic E-state index is 11.3. The van der Waals surface area contributed by atoms with Gasteiger partial charge in [-0.3, -0.25) is 4.79 Å². The molecule has 0 radical (unpaired) electrons. The van der Waals surface area contributed by atoms with Crippen molar-refractivity contribution >= 4 is 5.91 Å². The van der Waals surface area contributed by atoms with Crippen LogP contribution < -0.4 is 14.8 Å². The predicted molar refractivity (Wildman–Crippen MR) is 71.0 cm³/mol. The number of hydrogen-bond acceptors (Lipinski definition) is 3. The zero-order valence-corrected chi connectivity index (χ0v) is 11.2. The number of amides is 1. The van der Waals surface area contributed by atoms with Gasteiger partial charge in [0, 0.05) is 12.5 Å². The van der Waals surface area contributed by atoms with Gasteiger partial charge in [0.1, 0.15) is 17.6 Å². The van der Waals surface area contributed by atoms with Crippen LogP contribution in [0, 0.1) is 0 Å². The second-order valence-electron chi connectivity index (χ2n) is 4.16. The zero-order valence-electron chi connectivity index (χ0n) is 11.2. The summed E-state index contributed by atoms with van der Waals surface area (Å²) in [7, 11) is 1.62. The largest absolute Gasteiger partial charge is 0.497 e. The SMILES string of the molecule is CCCC(=O)NC[C@@H](C)Oc1cccc(OC)c1. The molecular weight excluding hydrogens is 230 g/mol. The standard InChI is InChI=1S/C14H21NO3/c1-4-6-14(16)15-10-11(2)18-13-8-5-7-12(9-13)17-3/h5,7-9,11H,4,6,10H2,1-3H3,(H,15,16)/t11-/m1/s1. The molecule has 1 aromatic carbocycles. The Kier molecular flexibility index (Phi) is 6.05. The maximum Gasteiger partial charge on any atom is 0.220 e. The van der Waals surface area contributed by atoms with Crippen molar-refractivity contribution in [2.45, 2.75) is 32.8 Å². The second-order valence-corrected chi connectivity index (χ2v) is 4.16. The van der Waals surface area contributed by atoms with E-state index in [9.17, 15) is 4.79 Å². The third kappa shape index (κ3) is 5.08. The molecule has 0 aliphatic carbocycles. The molecule has 18 heavy (non-hydrogen) atoms. The number of carbonyl (C=O) groups excluding carboxylic acids is 1. The lowest BCUT2D eigenvalue weighted by Gasteiger charge is -2.15. The molecule has 0 bridgehead atoms. The predicted octanol–water partition coefficient (Wildman–Crippen LogP) is 2.38. The number of benzene rings is 1. The Balaban J connectivity index is 2.39. The van der Waals surface area contributed by atoms with Crippen LogP contribution in [0.1, 0.15) is 26.7 Å². The minimum Gasteiger partial charge on any atom is -0.497 e. The third-order valence-corrected chi connectivity index (χ3v) is 2.44. The summed E-state index contributed by atoms with van der Waals surface area (Å²) in [6, 6.07) is 7.42. The Morgan fingerprint density at radius 3 is 2.78 bits per heavy atom. The monoisotopic (exact) mass is 251 g/mol. The summed E-state index contributed by atoms with van der Waals surface area (Å²) in [6.45, 7) is 4.41. The number of hydrogen-bond donors (Lipinski definition) is 1. The van der Waals surface area contributed by atoms with E-state index in [0.29, 0.717) is 13.0 Å².